The van der Waals surface area contributed by atoms with Crippen LogP contribution >= 0.6 is 0 Å². The standard InChI is InChI=1S/C16H21N7O3/c1-22-15(19-20-21-22)23-8-16(9-23)5-12(26-10-16)7-18-14(24)13-4-3-11(25-2)6-17-13/h3-4,6,12H,5,7-10H2,1-2H3,(H,18,24). The Kier molecular flexibility index (Phi) is 4.19. The number of rotatable bonds is 5. The van der Waals surface area contributed by atoms with Crippen LogP contribution in [0.2, 0.25) is 0 Å². The van der Waals surface area contributed by atoms with Gasteiger partial charge in [0.25, 0.3) is 5.91 Å². The van der Waals surface area contributed by atoms with Crippen molar-refractivity contribution in [3.63, 3.8) is 0 Å². The molecular formula is C16H21N7O3. The molecule has 0 bridgehead atoms. The molecule has 0 radical (unpaired) electrons. The van der Waals surface area contributed by atoms with E-state index in [0.717, 1.165) is 25.5 Å². The van der Waals surface area contributed by atoms with Gasteiger partial charge in [0.2, 0.25) is 5.95 Å². The Labute approximate surface area is 150 Å². The second kappa shape index (κ2) is 6.52. The van der Waals surface area contributed by atoms with Gasteiger partial charge < -0.3 is 19.7 Å². The molecule has 1 amide bonds. The Morgan fingerprint density at radius 2 is 2.31 bits per heavy atom. The fourth-order valence-corrected chi connectivity index (χ4v) is 3.58. The molecular weight excluding hydrogens is 338 g/mol. The summed E-state index contributed by atoms with van der Waals surface area (Å²) < 4.78 is 12.6. The van der Waals surface area contributed by atoms with Crippen molar-refractivity contribution in [2.45, 2.75) is 12.5 Å². The minimum atomic E-state index is -0.211. The molecule has 1 unspecified atom stereocenters. The zero-order valence-electron chi connectivity index (χ0n) is 14.8. The highest BCUT2D eigenvalue weighted by atomic mass is 16.5. The molecule has 1 atom stereocenters. The van der Waals surface area contributed by atoms with Crippen molar-refractivity contribution in [3.8, 4) is 5.75 Å². The number of nitrogens with one attached hydrogen (secondary N) is 1. The van der Waals surface area contributed by atoms with Gasteiger partial charge in [0.05, 0.1) is 26.0 Å². The van der Waals surface area contributed by atoms with Crippen molar-refractivity contribution in [1.82, 2.24) is 30.5 Å². The number of anilines is 1. The number of methoxy groups -OCH3 is 1. The fraction of sp³-hybridized carbons (Fsp3) is 0.562. The quantitative estimate of drug-likeness (QED) is 0.771. The highest BCUT2D eigenvalue weighted by Crippen LogP contribution is 2.42. The zero-order chi connectivity index (χ0) is 18.1. The van der Waals surface area contributed by atoms with Crippen molar-refractivity contribution < 1.29 is 14.3 Å². The van der Waals surface area contributed by atoms with E-state index in [-0.39, 0.29) is 17.4 Å². The summed E-state index contributed by atoms with van der Waals surface area (Å²) in [5.74, 6) is 1.19. The molecule has 2 aliphatic rings. The summed E-state index contributed by atoms with van der Waals surface area (Å²) >= 11 is 0. The van der Waals surface area contributed by atoms with E-state index in [4.69, 9.17) is 9.47 Å². The van der Waals surface area contributed by atoms with Crippen LogP contribution in [0.3, 0.4) is 0 Å². The fourth-order valence-electron chi connectivity index (χ4n) is 3.58. The molecule has 10 nitrogen and oxygen atoms in total. The second-order valence-corrected chi connectivity index (χ2v) is 6.89. The summed E-state index contributed by atoms with van der Waals surface area (Å²) in [5, 5.41) is 14.5. The Morgan fingerprint density at radius 1 is 1.46 bits per heavy atom. The maximum atomic E-state index is 12.2. The van der Waals surface area contributed by atoms with E-state index in [1.165, 1.54) is 6.20 Å². The summed E-state index contributed by atoms with van der Waals surface area (Å²) in [4.78, 5) is 18.4. The van der Waals surface area contributed by atoms with E-state index in [0.29, 0.717) is 24.6 Å². The van der Waals surface area contributed by atoms with E-state index in [9.17, 15) is 4.79 Å². The number of hydrogen-bond acceptors (Lipinski definition) is 8. The van der Waals surface area contributed by atoms with Crippen LogP contribution in [0.1, 0.15) is 16.9 Å². The molecule has 0 aromatic carbocycles. The third kappa shape index (κ3) is 3.07. The molecule has 0 aliphatic carbocycles. The third-order valence-electron chi connectivity index (χ3n) is 4.91. The molecule has 0 saturated carbocycles. The largest absolute Gasteiger partial charge is 0.495 e. The smallest absolute Gasteiger partial charge is 0.269 e. The normalized spacial score (nSPS) is 20.8. The van der Waals surface area contributed by atoms with Gasteiger partial charge >= 0.3 is 0 Å². The number of amides is 1. The van der Waals surface area contributed by atoms with Crippen molar-refractivity contribution in [2.24, 2.45) is 12.5 Å². The van der Waals surface area contributed by atoms with E-state index < -0.39 is 0 Å². The average molecular weight is 359 g/mol. The van der Waals surface area contributed by atoms with Crippen LogP contribution < -0.4 is 15.0 Å². The SMILES string of the molecule is COc1ccc(C(=O)NCC2CC3(CO2)CN(c2nnnn2C)C3)nc1. The van der Waals surface area contributed by atoms with Gasteiger partial charge in [0.1, 0.15) is 11.4 Å². The summed E-state index contributed by atoms with van der Waals surface area (Å²) in [7, 11) is 3.39. The Balaban J connectivity index is 1.26. The molecule has 4 heterocycles. The highest BCUT2D eigenvalue weighted by molar-refractivity contribution is 5.92. The zero-order valence-corrected chi connectivity index (χ0v) is 14.8. The lowest BCUT2D eigenvalue weighted by Gasteiger charge is -2.47. The first kappa shape index (κ1) is 16.7. The molecule has 1 N–H and O–H groups in total. The summed E-state index contributed by atoms with van der Waals surface area (Å²) in [6.07, 6.45) is 2.45. The topological polar surface area (TPSA) is 107 Å². The van der Waals surface area contributed by atoms with Crippen LogP contribution in [0.4, 0.5) is 5.95 Å². The lowest BCUT2D eigenvalue weighted by molar-refractivity contribution is 0.0780. The maximum Gasteiger partial charge on any atom is 0.269 e. The Bertz CT molecular complexity index is 785. The second-order valence-electron chi connectivity index (χ2n) is 6.89. The number of pyridine rings is 1. The minimum Gasteiger partial charge on any atom is -0.495 e. The molecule has 2 saturated heterocycles. The van der Waals surface area contributed by atoms with Gasteiger partial charge in [0.15, 0.2) is 0 Å². The summed E-state index contributed by atoms with van der Waals surface area (Å²) in [6.45, 7) is 2.90. The predicted molar refractivity (Wildman–Crippen MR) is 90.9 cm³/mol. The van der Waals surface area contributed by atoms with Crippen molar-refractivity contribution in [2.75, 3.05) is 38.3 Å². The predicted octanol–water partition coefficient (Wildman–Crippen LogP) is -0.361. The third-order valence-corrected chi connectivity index (χ3v) is 4.91. The van der Waals surface area contributed by atoms with Crippen molar-refractivity contribution in [3.05, 3.63) is 24.0 Å². The van der Waals surface area contributed by atoms with Crippen LogP contribution in [-0.4, -0.2) is 70.6 Å². The monoisotopic (exact) mass is 359 g/mol. The average Bonchev–Trinajstić information content (AvgIpc) is 3.25. The van der Waals surface area contributed by atoms with Crippen LogP contribution in [0.5, 0.6) is 5.75 Å². The van der Waals surface area contributed by atoms with Gasteiger partial charge in [-0.1, -0.05) is 5.10 Å². The van der Waals surface area contributed by atoms with Crippen LogP contribution in [0.15, 0.2) is 18.3 Å². The number of ether oxygens (including phenoxy) is 2. The molecule has 10 heteroatoms. The number of hydrogen-bond donors (Lipinski definition) is 1. The van der Waals surface area contributed by atoms with Crippen molar-refractivity contribution in [1.29, 1.82) is 0 Å². The van der Waals surface area contributed by atoms with E-state index in [1.807, 2.05) is 7.05 Å². The highest BCUT2D eigenvalue weighted by Gasteiger charge is 2.50. The molecule has 138 valence electrons. The first-order chi connectivity index (χ1) is 12.6. The van der Waals surface area contributed by atoms with Crippen LogP contribution in [0, 0.1) is 5.41 Å². The summed E-state index contributed by atoms with van der Waals surface area (Å²) in [6, 6.07) is 3.36. The van der Waals surface area contributed by atoms with Gasteiger partial charge in [-0.15, -0.1) is 0 Å². The minimum absolute atomic E-state index is 0.0111. The molecule has 2 fully saturated rings. The van der Waals surface area contributed by atoms with Gasteiger partial charge in [-0.05, 0) is 29.0 Å². The number of carbonyl (C=O) groups is 1. The van der Waals surface area contributed by atoms with Crippen LogP contribution in [-0.2, 0) is 11.8 Å². The molecule has 2 aromatic rings. The van der Waals surface area contributed by atoms with Gasteiger partial charge in [-0.3, -0.25) is 4.79 Å². The molecule has 1 spiro atoms. The van der Waals surface area contributed by atoms with Gasteiger partial charge in [-0.2, -0.15) is 0 Å². The van der Waals surface area contributed by atoms with Crippen molar-refractivity contribution >= 4 is 11.9 Å². The summed E-state index contributed by atoms with van der Waals surface area (Å²) in [5.41, 5.74) is 0.489. The Hall–Kier alpha value is -2.75. The number of nitrogens with zero attached hydrogens (tertiary/aromatic N) is 6. The van der Waals surface area contributed by atoms with Crippen LogP contribution in [0.25, 0.3) is 0 Å². The number of tetrazole rings is 1. The first-order valence-electron chi connectivity index (χ1n) is 8.46. The van der Waals surface area contributed by atoms with E-state index in [1.54, 1.807) is 23.9 Å². The lowest BCUT2D eigenvalue weighted by atomic mass is 9.78. The number of aryl methyl sites for hydroxylation is 1. The molecule has 2 aliphatic heterocycles. The Morgan fingerprint density at radius 3 is 2.96 bits per heavy atom. The number of aromatic nitrogens is 5. The molecule has 26 heavy (non-hydrogen) atoms. The van der Waals surface area contributed by atoms with E-state index in [2.05, 4.69) is 30.7 Å². The molecule has 2 aromatic heterocycles. The maximum absolute atomic E-state index is 12.2. The van der Waals surface area contributed by atoms with Gasteiger partial charge in [0, 0.05) is 32.1 Å². The van der Waals surface area contributed by atoms with E-state index >= 15 is 0 Å². The lowest BCUT2D eigenvalue weighted by Crippen LogP contribution is -2.58. The molecule has 4 rings (SSSR count). The van der Waals surface area contributed by atoms with Gasteiger partial charge in [-0.25, -0.2) is 9.67 Å². The number of carbonyl (C=O) groups excluding carboxylic acids is 1. The first-order valence-corrected chi connectivity index (χ1v) is 8.46.